The van der Waals surface area contributed by atoms with E-state index in [0.29, 0.717) is 5.69 Å². The van der Waals surface area contributed by atoms with Crippen LogP contribution >= 0.6 is 0 Å². The predicted octanol–water partition coefficient (Wildman–Crippen LogP) is 2.64. The molecule has 29 heavy (non-hydrogen) atoms. The maximum atomic E-state index is 13.2. The van der Waals surface area contributed by atoms with Crippen LogP contribution in [0, 0.1) is 17.5 Å². The molecular formula is C19H12F3N5O2. The van der Waals surface area contributed by atoms with Gasteiger partial charge in [0.25, 0.3) is 5.56 Å². The molecule has 0 spiro atoms. The van der Waals surface area contributed by atoms with Crippen LogP contribution in [-0.2, 0) is 11.3 Å². The van der Waals surface area contributed by atoms with Crippen molar-refractivity contribution in [1.29, 1.82) is 0 Å². The number of fused-ring (bicyclic) bond motifs is 1. The summed E-state index contributed by atoms with van der Waals surface area (Å²) in [5.41, 5.74) is 0.310. The summed E-state index contributed by atoms with van der Waals surface area (Å²) in [6.07, 6.45) is 2.48. The van der Waals surface area contributed by atoms with E-state index in [1.807, 2.05) is 0 Å². The quantitative estimate of drug-likeness (QED) is 0.572. The first-order valence-electron chi connectivity index (χ1n) is 8.36. The molecule has 4 rings (SSSR count). The zero-order valence-corrected chi connectivity index (χ0v) is 14.6. The van der Waals surface area contributed by atoms with Crippen molar-refractivity contribution in [3.8, 4) is 5.69 Å². The van der Waals surface area contributed by atoms with Gasteiger partial charge in [-0.15, -0.1) is 0 Å². The van der Waals surface area contributed by atoms with Crippen molar-refractivity contribution in [3.63, 3.8) is 0 Å². The van der Waals surface area contributed by atoms with Gasteiger partial charge >= 0.3 is 0 Å². The lowest BCUT2D eigenvalue weighted by Gasteiger charge is -2.08. The highest BCUT2D eigenvalue weighted by Crippen LogP contribution is 2.15. The van der Waals surface area contributed by atoms with Gasteiger partial charge in [-0.3, -0.25) is 14.2 Å². The van der Waals surface area contributed by atoms with Crippen molar-refractivity contribution in [2.24, 2.45) is 0 Å². The molecule has 0 radical (unpaired) electrons. The Balaban J connectivity index is 1.59. The number of aromatic nitrogens is 4. The Bertz CT molecular complexity index is 1280. The maximum Gasteiger partial charge on any atom is 0.264 e. The van der Waals surface area contributed by atoms with Crippen molar-refractivity contribution >= 4 is 22.6 Å². The van der Waals surface area contributed by atoms with Crippen molar-refractivity contribution in [2.45, 2.75) is 6.54 Å². The van der Waals surface area contributed by atoms with Gasteiger partial charge in [-0.25, -0.2) is 22.8 Å². The average Bonchev–Trinajstić information content (AvgIpc) is 3.12. The molecule has 0 aliphatic heterocycles. The molecule has 7 nitrogen and oxygen atoms in total. The number of hydrogen-bond donors (Lipinski definition) is 1. The molecule has 0 bridgehead atoms. The Hall–Kier alpha value is -3.95. The monoisotopic (exact) mass is 399 g/mol. The Kier molecular flexibility index (Phi) is 4.59. The highest BCUT2D eigenvalue weighted by Gasteiger charge is 2.14. The minimum Gasteiger partial charge on any atom is -0.324 e. The van der Waals surface area contributed by atoms with Crippen LogP contribution in [0.1, 0.15) is 0 Å². The lowest BCUT2D eigenvalue weighted by Crippen LogP contribution is -2.27. The summed E-state index contributed by atoms with van der Waals surface area (Å²) in [5.74, 6) is -3.17. The molecule has 0 atom stereocenters. The first-order chi connectivity index (χ1) is 13.9. The number of hydrogen-bond acceptors (Lipinski definition) is 4. The molecule has 0 unspecified atom stereocenters. The molecule has 1 amide bonds. The van der Waals surface area contributed by atoms with Crippen LogP contribution in [0.3, 0.4) is 0 Å². The van der Waals surface area contributed by atoms with Crippen molar-refractivity contribution in [3.05, 3.63) is 82.8 Å². The molecule has 2 heterocycles. The minimum atomic E-state index is -1.10. The van der Waals surface area contributed by atoms with Crippen LogP contribution in [0.4, 0.5) is 18.9 Å². The Labute approximate surface area is 161 Å². The number of nitrogens with zero attached hydrogens (tertiary/aromatic N) is 4. The van der Waals surface area contributed by atoms with Gasteiger partial charge in [0.05, 0.1) is 11.9 Å². The van der Waals surface area contributed by atoms with E-state index in [0.717, 1.165) is 16.7 Å². The number of halogens is 3. The summed E-state index contributed by atoms with van der Waals surface area (Å²) in [6.45, 7) is -0.386. The molecule has 146 valence electrons. The number of benzene rings is 2. The summed E-state index contributed by atoms with van der Waals surface area (Å²) in [5, 5.41) is 6.65. The number of amides is 1. The second-order valence-corrected chi connectivity index (χ2v) is 6.12. The molecule has 2 aromatic carbocycles. The van der Waals surface area contributed by atoms with E-state index in [-0.39, 0.29) is 23.3 Å². The van der Waals surface area contributed by atoms with Gasteiger partial charge in [-0.2, -0.15) is 5.10 Å². The summed E-state index contributed by atoms with van der Waals surface area (Å²) in [4.78, 5) is 29.0. The molecule has 0 fully saturated rings. The van der Waals surface area contributed by atoms with Crippen molar-refractivity contribution < 1.29 is 18.0 Å². The number of carbonyl (C=O) groups is 1. The molecule has 0 saturated heterocycles. The van der Waals surface area contributed by atoms with E-state index in [2.05, 4.69) is 15.4 Å². The first kappa shape index (κ1) is 18.4. The van der Waals surface area contributed by atoms with Gasteiger partial charge in [0.2, 0.25) is 5.91 Å². The normalized spacial score (nSPS) is 11.0. The summed E-state index contributed by atoms with van der Waals surface area (Å²) < 4.78 is 41.7. The second kappa shape index (κ2) is 7.23. The van der Waals surface area contributed by atoms with E-state index in [4.69, 9.17) is 0 Å². The lowest BCUT2D eigenvalue weighted by atomic mass is 10.3. The maximum absolute atomic E-state index is 13.2. The molecule has 2 aromatic heterocycles. The van der Waals surface area contributed by atoms with Crippen molar-refractivity contribution in [1.82, 2.24) is 19.3 Å². The average molecular weight is 399 g/mol. The van der Waals surface area contributed by atoms with Gasteiger partial charge in [-0.1, -0.05) is 0 Å². The van der Waals surface area contributed by atoms with E-state index in [1.54, 1.807) is 0 Å². The largest absolute Gasteiger partial charge is 0.324 e. The predicted molar refractivity (Wildman–Crippen MR) is 98.1 cm³/mol. The van der Waals surface area contributed by atoms with E-state index >= 15 is 0 Å². The molecule has 0 saturated carbocycles. The van der Waals surface area contributed by atoms with E-state index < -0.39 is 28.9 Å². The zero-order valence-electron chi connectivity index (χ0n) is 14.6. The fraction of sp³-hybridized carbons (Fsp3) is 0.0526. The van der Waals surface area contributed by atoms with Crippen LogP contribution in [-0.4, -0.2) is 25.2 Å². The standard InChI is InChI=1S/C19H12F3N5O2/c20-11-1-4-13(5-2-11)27-18-14(8-24-27)19(29)26(10-23-18)9-17(28)25-12-3-6-15(21)16(22)7-12/h1-8,10H,9H2,(H,25,28). The Morgan fingerprint density at radius 3 is 2.52 bits per heavy atom. The van der Waals surface area contributed by atoms with Crippen LogP contribution in [0.25, 0.3) is 16.7 Å². The summed E-state index contributed by atoms with van der Waals surface area (Å²) in [6, 6.07) is 8.42. The fourth-order valence-corrected chi connectivity index (χ4v) is 2.76. The number of nitrogens with one attached hydrogen (secondary N) is 1. The topological polar surface area (TPSA) is 81.8 Å². The summed E-state index contributed by atoms with van der Waals surface area (Å²) in [7, 11) is 0. The molecule has 0 aliphatic rings. The van der Waals surface area contributed by atoms with Gasteiger partial charge < -0.3 is 5.32 Å². The molecule has 10 heteroatoms. The van der Waals surface area contributed by atoms with Gasteiger partial charge in [0.15, 0.2) is 17.3 Å². The van der Waals surface area contributed by atoms with Crippen molar-refractivity contribution in [2.75, 3.05) is 5.32 Å². The molecule has 1 N–H and O–H groups in total. The fourth-order valence-electron chi connectivity index (χ4n) is 2.76. The third-order valence-corrected chi connectivity index (χ3v) is 4.14. The molecular weight excluding hydrogens is 387 g/mol. The Morgan fingerprint density at radius 2 is 1.79 bits per heavy atom. The lowest BCUT2D eigenvalue weighted by molar-refractivity contribution is -0.116. The smallest absolute Gasteiger partial charge is 0.264 e. The Morgan fingerprint density at radius 1 is 1.03 bits per heavy atom. The third-order valence-electron chi connectivity index (χ3n) is 4.14. The molecule has 4 aromatic rings. The zero-order chi connectivity index (χ0) is 20.5. The van der Waals surface area contributed by atoms with Gasteiger partial charge in [0, 0.05) is 11.8 Å². The van der Waals surface area contributed by atoms with Crippen LogP contribution in [0.15, 0.2) is 59.8 Å². The highest BCUT2D eigenvalue weighted by molar-refractivity contribution is 5.90. The number of anilines is 1. The van der Waals surface area contributed by atoms with Crippen LogP contribution in [0.2, 0.25) is 0 Å². The second-order valence-electron chi connectivity index (χ2n) is 6.12. The van der Waals surface area contributed by atoms with Crippen LogP contribution in [0.5, 0.6) is 0 Å². The SMILES string of the molecule is O=C(Cn1cnc2c(cnn2-c2ccc(F)cc2)c1=O)Nc1ccc(F)c(F)c1. The van der Waals surface area contributed by atoms with Gasteiger partial charge in [0.1, 0.15) is 24.1 Å². The minimum absolute atomic E-state index is 0.0557. The van der Waals surface area contributed by atoms with E-state index in [9.17, 15) is 22.8 Å². The summed E-state index contributed by atoms with van der Waals surface area (Å²) >= 11 is 0. The first-order valence-corrected chi connectivity index (χ1v) is 8.36. The van der Waals surface area contributed by atoms with Gasteiger partial charge in [-0.05, 0) is 36.4 Å². The number of rotatable bonds is 4. The number of carbonyl (C=O) groups excluding carboxylic acids is 1. The third kappa shape index (κ3) is 3.59. The molecule has 0 aliphatic carbocycles. The highest BCUT2D eigenvalue weighted by atomic mass is 19.2. The van der Waals surface area contributed by atoms with Crippen LogP contribution < -0.4 is 10.9 Å². The van der Waals surface area contributed by atoms with E-state index in [1.165, 1.54) is 47.5 Å².